The van der Waals surface area contributed by atoms with Gasteiger partial charge in [-0.25, -0.2) is 20.4 Å². The summed E-state index contributed by atoms with van der Waals surface area (Å²) in [5, 5.41) is 31.0. The molecule has 1 saturated heterocycles. The number of hydrazine groups is 1. The maximum atomic E-state index is 12.1. The van der Waals surface area contributed by atoms with Gasteiger partial charge < -0.3 is 37.4 Å². The lowest BCUT2D eigenvalue weighted by Crippen LogP contribution is -2.57. The Morgan fingerprint density at radius 2 is 1.85 bits per heavy atom. The van der Waals surface area contributed by atoms with Gasteiger partial charge in [-0.15, -0.1) is 11.8 Å². The predicted octanol–water partition coefficient (Wildman–Crippen LogP) is -3.66. The number of aliphatic hydroxyl groups excluding tert-OH is 2. The smallest absolute Gasteiger partial charge is 0.328 e. The molecular formula is C13H24N6O6S. The lowest BCUT2D eigenvalue weighted by atomic mass is 10.1. The second kappa shape index (κ2) is 9.70. The summed E-state index contributed by atoms with van der Waals surface area (Å²) < 4.78 is 0. The first-order chi connectivity index (χ1) is 12.1. The van der Waals surface area contributed by atoms with Crippen LogP contribution < -0.4 is 33.0 Å². The minimum atomic E-state index is -1.55. The fourth-order valence-corrected chi connectivity index (χ4v) is 3.33. The van der Waals surface area contributed by atoms with Crippen LogP contribution in [0.25, 0.3) is 0 Å². The van der Waals surface area contributed by atoms with E-state index in [0.717, 1.165) is 0 Å². The summed E-state index contributed by atoms with van der Waals surface area (Å²) in [5.74, 6) is -2.29. The minimum absolute atomic E-state index is 0.130. The van der Waals surface area contributed by atoms with Crippen molar-refractivity contribution in [3.8, 4) is 0 Å². The Kier molecular flexibility index (Phi) is 8.26. The molecule has 0 saturated carbocycles. The topological polar surface area (TPSA) is 212 Å². The van der Waals surface area contributed by atoms with E-state index in [1.807, 2.05) is 0 Å². The van der Waals surface area contributed by atoms with E-state index in [4.69, 9.17) is 21.7 Å². The Balaban J connectivity index is 2.85. The number of nitrogens with one attached hydrogen (secondary N) is 4. The summed E-state index contributed by atoms with van der Waals surface area (Å²) in [4.78, 5) is 34.7. The summed E-state index contributed by atoms with van der Waals surface area (Å²) in [5.41, 5.74) is 16.4. The van der Waals surface area contributed by atoms with Crippen molar-refractivity contribution in [2.45, 2.75) is 41.9 Å². The zero-order valence-electron chi connectivity index (χ0n) is 14.0. The number of hydrogen-bond donors (Lipinski definition) is 9. The van der Waals surface area contributed by atoms with Crippen molar-refractivity contribution in [3.63, 3.8) is 0 Å². The van der Waals surface area contributed by atoms with Crippen LogP contribution in [0.5, 0.6) is 0 Å². The van der Waals surface area contributed by atoms with Gasteiger partial charge in [0.25, 0.3) is 0 Å². The Morgan fingerprint density at radius 3 is 2.31 bits per heavy atom. The van der Waals surface area contributed by atoms with Crippen LogP contribution in [0.2, 0.25) is 0 Å². The number of aliphatic carboxylic acids is 1. The number of hydrogen-bond acceptors (Lipinski definition) is 9. The van der Waals surface area contributed by atoms with Crippen molar-refractivity contribution in [1.82, 2.24) is 21.5 Å². The first-order valence-electron chi connectivity index (χ1n) is 7.58. The average Bonchev–Trinajstić information content (AvgIpc) is 3.05. The number of carboxylic acids is 1. The van der Waals surface area contributed by atoms with Gasteiger partial charge in [0.15, 0.2) is 6.04 Å². The van der Waals surface area contributed by atoms with Gasteiger partial charge in [0.05, 0.1) is 35.5 Å². The first-order valence-corrected chi connectivity index (χ1v) is 8.52. The van der Waals surface area contributed by atoms with Crippen molar-refractivity contribution in [1.29, 1.82) is 0 Å². The van der Waals surface area contributed by atoms with Gasteiger partial charge in [-0.3, -0.25) is 4.79 Å². The third-order valence-electron chi connectivity index (χ3n) is 3.58. The van der Waals surface area contributed by atoms with Gasteiger partial charge in [-0.1, -0.05) is 6.58 Å². The summed E-state index contributed by atoms with van der Waals surface area (Å²) in [7, 11) is 0. The molecular weight excluding hydrogens is 368 g/mol. The molecule has 26 heavy (non-hydrogen) atoms. The van der Waals surface area contributed by atoms with Crippen LogP contribution in [0.15, 0.2) is 12.2 Å². The molecule has 1 heterocycles. The van der Waals surface area contributed by atoms with E-state index >= 15 is 0 Å². The lowest BCUT2D eigenvalue weighted by molar-refractivity contribution is -0.141. The van der Waals surface area contributed by atoms with Gasteiger partial charge in [0.1, 0.15) is 0 Å². The number of nitrogens with two attached hydrogens (primary N) is 2. The number of carboxylic acid groups (broad SMARTS) is 1. The number of urea groups is 1. The molecule has 0 aliphatic carbocycles. The van der Waals surface area contributed by atoms with Crippen molar-refractivity contribution >= 4 is 29.7 Å². The number of aliphatic hydroxyl groups is 2. The van der Waals surface area contributed by atoms with Gasteiger partial charge in [0.2, 0.25) is 5.91 Å². The highest BCUT2D eigenvalue weighted by Crippen LogP contribution is 2.26. The maximum Gasteiger partial charge on any atom is 0.328 e. The minimum Gasteiger partial charge on any atom is -0.480 e. The number of primary amides is 1. The molecule has 13 heteroatoms. The van der Waals surface area contributed by atoms with Gasteiger partial charge >= 0.3 is 12.0 Å². The van der Waals surface area contributed by atoms with E-state index in [9.17, 15) is 19.5 Å². The second-order valence-electron chi connectivity index (χ2n) is 5.65. The molecule has 0 aromatic heterocycles. The zero-order chi connectivity index (χ0) is 20.0. The molecule has 0 spiro atoms. The largest absolute Gasteiger partial charge is 0.480 e. The Morgan fingerprint density at radius 1 is 1.27 bits per heavy atom. The molecule has 6 atom stereocenters. The molecule has 0 aromatic carbocycles. The van der Waals surface area contributed by atoms with Gasteiger partial charge in [-0.05, 0) is 6.92 Å². The monoisotopic (exact) mass is 392 g/mol. The van der Waals surface area contributed by atoms with Gasteiger partial charge in [0, 0.05) is 5.57 Å². The average molecular weight is 392 g/mol. The number of carbonyl (C=O) groups excluding carboxylic acids is 2. The highest BCUT2D eigenvalue weighted by molar-refractivity contribution is 8.00. The Bertz CT molecular complexity index is 561. The summed E-state index contributed by atoms with van der Waals surface area (Å²) in [6, 6.07) is -4.11. The van der Waals surface area contributed by atoms with Crippen molar-refractivity contribution < 1.29 is 29.7 Å². The molecule has 1 aliphatic rings. The Labute approximate surface area is 153 Å². The van der Waals surface area contributed by atoms with E-state index in [1.165, 1.54) is 18.7 Å². The molecule has 0 radical (unpaired) electrons. The Hall–Kier alpha value is -1.90. The van der Waals surface area contributed by atoms with E-state index in [0.29, 0.717) is 0 Å². The maximum absolute atomic E-state index is 12.1. The number of rotatable bonds is 9. The third-order valence-corrected chi connectivity index (χ3v) is 5.02. The molecule has 148 valence electrons. The molecule has 3 amide bonds. The van der Waals surface area contributed by atoms with Crippen molar-refractivity contribution in [3.05, 3.63) is 12.2 Å². The van der Waals surface area contributed by atoms with Crippen LogP contribution in [-0.2, 0) is 9.59 Å². The van der Waals surface area contributed by atoms with Crippen LogP contribution in [-0.4, -0.2) is 74.8 Å². The van der Waals surface area contributed by atoms with E-state index < -0.39 is 52.9 Å². The molecule has 0 aromatic rings. The molecule has 1 aliphatic heterocycles. The van der Waals surface area contributed by atoms with Crippen molar-refractivity contribution in [2.24, 2.45) is 11.5 Å². The standard InChI is InChI=1S/C13H24N6O6S/c1-4(9(15)22)7(11-19-18-10(26-11)6(14)3-20)16-13(25)17-8(5(2)21)12(23)24/h5-8,10-11,18-21H,1,3,14H2,2H3,(H2,15,22)(H,23,24)(H2,16,17,25)/t5?,6-,7-,8-,10?,11?/m0/s1. The van der Waals surface area contributed by atoms with Crippen LogP contribution in [0.3, 0.4) is 0 Å². The van der Waals surface area contributed by atoms with E-state index in [1.54, 1.807) is 0 Å². The first kappa shape index (κ1) is 22.1. The lowest BCUT2D eigenvalue weighted by Gasteiger charge is -2.26. The molecule has 3 unspecified atom stereocenters. The molecule has 0 bridgehead atoms. The van der Waals surface area contributed by atoms with Crippen LogP contribution >= 0.6 is 11.8 Å². The van der Waals surface area contributed by atoms with E-state index in [2.05, 4.69) is 28.1 Å². The summed E-state index contributed by atoms with van der Waals surface area (Å²) >= 11 is 1.19. The van der Waals surface area contributed by atoms with E-state index in [-0.39, 0.29) is 12.2 Å². The SMILES string of the molecule is C=C(C(N)=O)[C@H](NC(=O)N[C@H](C(=O)O)C(C)O)C1NNC([C@@H](N)CO)S1. The molecule has 11 N–H and O–H groups in total. The fraction of sp³-hybridized carbons (Fsp3) is 0.615. The fourth-order valence-electron chi connectivity index (χ4n) is 2.07. The number of amides is 3. The third kappa shape index (κ3) is 5.82. The van der Waals surface area contributed by atoms with Crippen LogP contribution in [0.1, 0.15) is 6.92 Å². The number of thioether (sulfide) groups is 1. The highest BCUT2D eigenvalue weighted by atomic mass is 32.2. The normalized spacial score (nSPS) is 24.2. The molecule has 12 nitrogen and oxygen atoms in total. The van der Waals surface area contributed by atoms with Crippen LogP contribution in [0.4, 0.5) is 4.79 Å². The quantitative estimate of drug-likeness (QED) is 0.175. The summed E-state index contributed by atoms with van der Waals surface area (Å²) in [6.45, 7) is 4.46. The zero-order valence-corrected chi connectivity index (χ0v) is 14.8. The highest BCUT2D eigenvalue weighted by Gasteiger charge is 2.37. The molecule has 1 fully saturated rings. The predicted molar refractivity (Wildman–Crippen MR) is 93.4 cm³/mol. The van der Waals surface area contributed by atoms with Gasteiger partial charge in [-0.2, -0.15) is 0 Å². The second-order valence-corrected chi connectivity index (χ2v) is 6.94. The van der Waals surface area contributed by atoms with Crippen molar-refractivity contribution in [2.75, 3.05) is 6.61 Å². The molecule has 1 rings (SSSR count). The van der Waals surface area contributed by atoms with Crippen LogP contribution in [0, 0.1) is 0 Å². The summed E-state index contributed by atoms with van der Waals surface area (Å²) in [6.07, 6.45) is -1.34. The number of carbonyl (C=O) groups is 3.